The molecule has 8 heteroatoms. The van der Waals surface area contributed by atoms with E-state index in [1.807, 2.05) is 48.5 Å². The molecule has 0 unspecified atom stereocenters. The van der Waals surface area contributed by atoms with Crippen LogP contribution in [0, 0.1) is 0 Å². The molecule has 0 bridgehead atoms. The summed E-state index contributed by atoms with van der Waals surface area (Å²) in [4.78, 5) is 54.6. The van der Waals surface area contributed by atoms with E-state index in [9.17, 15) is 19.2 Å². The second-order valence-electron chi connectivity index (χ2n) is 8.59. The molecule has 0 atom stereocenters. The molecule has 0 aliphatic carbocycles. The molecule has 178 valence electrons. The fourth-order valence-corrected chi connectivity index (χ4v) is 6.85. The molecule has 0 radical (unpaired) electrons. The zero-order chi connectivity index (χ0) is 24.8. The van der Waals surface area contributed by atoms with E-state index in [1.54, 1.807) is 24.3 Å². The normalized spacial score (nSPS) is 14.9. The van der Waals surface area contributed by atoms with Crippen LogP contribution in [0.4, 0.5) is 0 Å². The highest BCUT2D eigenvalue weighted by molar-refractivity contribution is 8.76. The molecule has 6 rings (SSSR count). The summed E-state index contributed by atoms with van der Waals surface area (Å²) in [5, 5.41) is 3.22. The van der Waals surface area contributed by atoms with Gasteiger partial charge in [0.1, 0.15) is 0 Å². The molecule has 0 N–H and O–H groups in total. The highest BCUT2D eigenvalue weighted by Gasteiger charge is 2.33. The zero-order valence-electron chi connectivity index (χ0n) is 19.1. The Bertz CT molecular complexity index is 1380. The number of carbonyl (C=O) groups is 4. The minimum Gasteiger partial charge on any atom is -0.273 e. The topological polar surface area (TPSA) is 74.8 Å². The monoisotopic (exact) mass is 512 g/mol. The van der Waals surface area contributed by atoms with Crippen LogP contribution in [-0.2, 0) is 0 Å². The van der Waals surface area contributed by atoms with Crippen molar-refractivity contribution in [3.8, 4) is 0 Å². The average Bonchev–Trinajstić information content (AvgIpc) is 2.90. The van der Waals surface area contributed by atoms with E-state index in [1.165, 1.54) is 31.4 Å². The lowest BCUT2D eigenvalue weighted by Gasteiger charge is -2.27. The molecular formula is C28H20N2O4S2. The van der Waals surface area contributed by atoms with Crippen molar-refractivity contribution in [2.75, 3.05) is 24.6 Å². The van der Waals surface area contributed by atoms with Crippen LogP contribution >= 0.6 is 21.6 Å². The van der Waals surface area contributed by atoms with E-state index >= 15 is 0 Å². The first-order valence-electron chi connectivity index (χ1n) is 11.6. The van der Waals surface area contributed by atoms with Crippen molar-refractivity contribution in [2.24, 2.45) is 0 Å². The summed E-state index contributed by atoms with van der Waals surface area (Å²) in [7, 11) is 3.03. The molecule has 4 aromatic carbocycles. The summed E-state index contributed by atoms with van der Waals surface area (Å²) < 4.78 is 0. The number of amides is 4. The van der Waals surface area contributed by atoms with Gasteiger partial charge in [0.05, 0.1) is 0 Å². The van der Waals surface area contributed by atoms with Crippen LogP contribution < -0.4 is 0 Å². The van der Waals surface area contributed by atoms with Crippen LogP contribution in [0.1, 0.15) is 41.4 Å². The first-order chi connectivity index (χ1) is 17.6. The first kappa shape index (κ1) is 22.8. The molecule has 4 amide bonds. The number of benzene rings is 4. The fourth-order valence-electron chi connectivity index (χ4n) is 4.94. The molecule has 6 nitrogen and oxygen atoms in total. The summed E-state index contributed by atoms with van der Waals surface area (Å²) >= 11 is 0. The standard InChI is InChI=1S/C28H20N2O4S2/c31-25-19-9-1-5-17-6-2-10-20(23(17)19)26(32)29(25)13-15-35-36-16-14-30-27(33)21-11-3-7-18-8-4-12-22(24(18)21)28(30)34/h1-12H,13-16H2. The van der Waals surface area contributed by atoms with Crippen molar-refractivity contribution in [2.45, 2.75) is 0 Å². The van der Waals surface area contributed by atoms with Gasteiger partial charge in [-0.3, -0.25) is 29.0 Å². The summed E-state index contributed by atoms with van der Waals surface area (Å²) in [6, 6.07) is 22.0. The Morgan fingerprint density at radius 1 is 0.472 bits per heavy atom. The Morgan fingerprint density at radius 3 is 1.08 bits per heavy atom. The number of rotatable bonds is 7. The van der Waals surface area contributed by atoms with E-state index in [4.69, 9.17) is 0 Å². The molecule has 2 heterocycles. The first-order valence-corrected chi connectivity index (χ1v) is 14.1. The van der Waals surface area contributed by atoms with Gasteiger partial charge in [0, 0.05) is 57.6 Å². The molecule has 2 aliphatic rings. The number of imide groups is 2. The smallest absolute Gasteiger partial charge is 0.261 e. The van der Waals surface area contributed by atoms with Gasteiger partial charge < -0.3 is 0 Å². The van der Waals surface area contributed by atoms with Gasteiger partial charge in [0.2, 0.25) is 0 Å². The van der Waals surface area contributed by atoms with Crippen LogP contribution in [0.15, 0.2) is 72.8 Å². The summed E-state index contributed by atoms with van der Waals surface area (Å²) in [5.41, 5.74) is 2.21. The van der Waals surface area contributed by atoms with Crippen molar-refractivity contribution in [3.05, 3.63) is 95.1 Å². The Labute approximate surface area is 215 Å². The second-order valence-corrected chi connectivity index (χ2v) is 11.3. The van der Waals surface area contributed by atoms with E-state index < -0.39 is 0 Å². The quantitative estimate of drug-likeness (QED) is 0.191. The van der Waals surface area contributed by atoms with E-state index in [-0.39, 0.29) is 36.7 Å². The Balaban J connectivity index is 1.06. The van der Waals surface area contributed by atoms with Gasteiger partial charge in [-0.2, -0.15) is 0 Å². The van der Waals surface area contributed by atoms with Crippen molar-refractivity contribution < 1.29 is 19.2 Å². The zero-order valence-corrected chi connectivity index (χ0v) is 20.7. The highest BCUT2D eigenvalue weighted by atomic mass is 33.1. The third-order valence-electron chi connectivity index (χ3n) is 6.59. The maximum Gasteiger partial charge on any atom is 0.261 e. The molecule has 2 aliphatic heterocycles. The third kappa shape index (κ3) is 3.60. The average molecular weight is 513 g/mol. The molecule has 4 aromatic rings. The number of hydrogen-bond donors (Lipinski definition) is 0. The molecule has 0 spiro atoms. The van der Waals surface area contributed by atoms with Gasteiger partial charge in [-0.15, -0.1) is 0 Å². The highest BCUT2D eigenvalue weighted by Crippen LogP contribution is 2.32. The van der Waals surface area contributed by atoms with Gasteiger partial charge in [0.15, 0.2) is 0 Å². The largest absolute Gasteiger partial charge is 0.273 e. The lowest BCUT2D eigenvalue weighted by molar-refractivity contribution is 0.0605. The van der Waals surface area contributed by atoms with E-state index in [0.29, 0.717) is 33.8 Å². The van der Waals surface area contributed by atoms with E-state index in [2.05, 4.69) is 0 Å². The van der Waals surface area contributed by atoms with Gasteiger partial charge in [-0.25, -0.2) is 0 Å². The van der Waals surface area contributed by atoms with Crippen LogP contribution in [0.25, 0.3) is 21.5 Å². The Kier molecular flexibility index (Phi) is 5.78. The number of nitrogens with zero attached hydrogens (tertiary/aromatic N) is 2. The lowest BCUT2D eigenvalue weighted by Crippen LogP contribution is -2.41. The maximum absolute atomic E-state index is 13.0. The number of hydrogen-bond acceptors (Lipinski definition) is 6. The molecular weight excluding hydrogens is 492 g/mol. The lowest BCUT2D eigenvalue weighted by atomic mass is 9.94. The molecule has 0 saturated heterocycles. The Morgan fingerprint density at radius 2 is 0.778 bits per heavy atom. The SMILES string of the molecule is O=C1c2cccc3cccc(c23)C(=O)N1CCSSCCN1C(=O)c2cccc3cccc(c23)C1=O. The van der Waals surface area contributed by atoms with Gasteiger partial charge >= 0.3 is 0 Å². The second kappa shape index (κ2) is 9.11. The van der Waals surface area contributed by atoms with E-state index in [0.717, 1.165) is 21.5 Å². The van der Waals surface area contributed by atoms with Crippen LogP contribution in [0.2, 0.25) is 0 Å². The third-order valence-corrected chi connectivity index (χ3v) is 8.96. The van der Waals surface area contributed by atoms with Crippen molar-refractivity contribution in [1.82, 2.24) is 9.80 Å². The van der Waals surface area contributed by atoms with Crippen molar-refractivity contribution in [1.29, 1.82) is 0 Å². The van der Waals surface area contributed by atoms with Crippen LogP contribution in [-0.4, -0.2) is 58.0 Å². The predicted molar refractivity (Wildman–Crippen MR) is 144 cm³/mol. The number of carbonyl (C=O) groups excluding carboxylic acids is 4. The van der Waals surface area contributed by atoms with Gasteiger partial charge in [0.25, 0.3) is 23.6 Å². The summed E-state index contributed by atoms with van der Waals surface area (Å²) in [6.45, 7) is 0.577. The summed E-state index contributed by atoms with van der Waals surface area (Å²) in [6.07, 6.45) is 0. The van der Waals surface area contributed by atoms with Crippen molar-refractivity contribution in [3.63, 3.8) is 0 Å². The Hall–Kier alpha value is -3.62. The summed E-state index contributed by atoms with van der Waals surface area (Å²) in [5.74, 6) is 0.00766. The van der Waals surface area contributed by atoms with Crippen LogP contribution in [0.5, 0.6) is 0 Å². The minimum atomic E-state index is -0.271. The van der Waals surface area contributed by atoms with Crippen molar-refractivity contribution >= 4 is 66.8 Å². The molecule has 0 saturated carbocycles. The minimum absolute atomic E-state index is 0.271. The molecule has 0 aromatic heterocycles. The molecule has 36 heavy (non-hydrogen) atoms. The van der Waals surface area contributed by atoms with Crippen LogP contribution in [0.3, 0.4) is 0 Å². The van der Waals surface area contributed by atoms with Gasteiger partial charge in [-0.05, 0) is 35.0 Å². The molecule has 0 fully saturated rings. The fraction of sp³-hybridized carbons (Fsp3) is 0.143. The maximum atomic E-state index is 13.0. The predicted octanol–water partition coefficient (Wildman–Crippen LogP) is 5.27. The van der Waals surface area contributed by atoms with Gasteiger partial charge in [-0.1, -0.05) is 70.1 Å².